The zero-order chi connectivity index (χ0) is 14.6. The topological polar surface area (TPSA) is 77.9 Å². The van der Waals surface area contributed by atoms with Crippen LogP contribution in [0.4, 0.5) is 0 Å². The van der Waals surface area contributed by atoms with Gasteiger partial charge in [0.25, 0.3) is 0 Å². The summed E-state index contributed by atoms with van der Waals surface area (Å²) in [6.07, 6.45) is 2.26. The van der Waals surface area contributed by atoms with Crippen LogP contribution in [0.25, 0.3) is 0 Å². The van der Waals surface area contributed by atoms with Crippen molar-refractivity contribution in [1.29, 1.82) is 0 Å². The van der Waals surface area contributed by atoms with E-state index in [1.807, 2.05) is 6.92 Å². The molecule has 6 nitrogen and oxygen atoms in total. The average Bonchev–Trinajstić information content (AvgIpc) is 2.37. The normalized spacial score (nSPS) is 23.0. The molecule has 0 saturated carbocycles. The lowest BCUT2D eigenvalue weighted by Gasteiger charge is -2.37. The summed E-state index contributed by atoms with van der Waals surface area (Å²) in [6, 6.07) is -0.758. The largest absolute Gasteiger partial charge is 0.480 e. The molecule has 0 aromatic carbocycles. The van der Waals surface area contributed by atoms with Gasteiger partial charge in [-0.25, -0.2) is 4.79 Å². The molecule has 1 aliphatic heterocycles. The maximum Gasteiger partial charge on any atom is 0.326 e. The first-order valence-electron chi connectivity index (χ1n) is 6.60. The number of nitrogens with zero attached hydrogens (tertiary/aromatic N) is 2. The van der Waals surface area contributed by atoms with Crippen LogP contribution in [0, 0.1) is 5.92 Å². The molecule has 1 rings (SSSR count). The van der Waals surface area contributed by atoms with Gasteiger partial charge in [-0.3, -0.25) is 9.59 Å². The molecule has 0 bridgehead atoms. The minimum atomic E-state index is -0.961. The van der Waals surface area contributed by atoms with Gasteiger partial charge in [-0.15, -0.1) is 0 Å². The molecule has 2 atom stereocenters. The molecule has 1 aliphatic rings. The first-order chi connectivity index (χ1) is 8.86. The van der Waals surface area contributed by atoms with Crippen LogP contribution in [0.1, 0.15) is 33.1 Å². The number of piperidine rings is 1. The standard InChI is InChI=1S/C13H22N2O4/c1-4-10-5-6-15(11(7-10)13(18)19)12(17)8-14(3)9(2)16/h10-11H,4-8H2,1-3H3,(H,18,19). The Morgan fingerprint density at radius 1 is 1.37 bits per heavy atom. The number of hydrogen-bond acceptors (Lipinski definition) is 3. The van der Waals surface area contributed by atoms with Gasteiger partial charge in [-0.1, -0.05) is 13.3 Å². The first-order valence-corrected chi connectivity index (χ1v) is 6.60. The highest BCUT2D eigenvalue weighted by Gasteiger charge is 2.35. The van der Waals surface area contributed by atoms with Crippen LogP contribution >= 0.6 is 0 Å². The van der Waals surface area contributed by atoms with E-state index in [1.54, 1.807) is 0 Å². The molecule has 19 heavy (non-hydrogen) atoms. The number of carbonyl (C=O) groups excluding carboxylic acids is 2. The molecule has 6 heteroatoms. The summed E-state index contributed by atoms with van der Waals surface area (Å²) in [6.45, 7) is 3.81. The summed E-state index contributed by atoms with van der Waals surface area (Å²) in [4.78, 5) is 37.2. The Morgan fingerprint density at radius 3 is 2.47 bits per heavy atom. The van der Waals surface area contributed by atoms with Crippen LogP contribution in [0.15, 0.2) is 0 Å². The number of carbonyl (C=O) groups is 3. The highest BCUT2D eigenvalue weighted by Crippen LogP contribution is 2.25. The molecule has 0 radical (unpaired) electrons. The second kappa shape index (κ2) is 6.54. The summed E-state index contributed by atoms with van der Waals surface area (Å²) >= 11 is 0. The fourth-order valence-corrected chi connectivity index (χ4v) is 2.35. The SMILES string of the molecule is CCC1CCN(C(=O)CN(C)C(C)=O)C(C(=O)O)C1. The van der Waals surface area contributed by atoms with Gasteiger partial charge in [0.15, 0.2) is 0 Å². The number of likely N-dealkylation sites (tertiary alicyclic amines) is 1. The van der Waals surface area contributed by atoms with Crippen molar-refractivity contribution in [1.82, 2.24) is 9.80 Å². The third-order valence-corrected chi connectivity index (χ3v) is 3.80. The van der Waals surface area contributed by atoms with Crippen molar-refractivity contribution in [3.63, 3.8) is 0 Å². The van der Waals surface area contributed by atoms with Gasteiger partial charge in [0.2, 0.25) is 11.8 Å². The van der Waals surface area contributed by atoms with E-state index in [0.29, 0.717) is 18.9 Å². The van der Waals surface area contributed by atoms with Crippen LogP contribution in [-0.4, -0.2) is 58.9 Å². The molecular weight excluding hydrogens is 248 g/mol. The van der Waals surface area contributed by atoms with Gasteiger partial charge in [0.1, 0.15) is 6.04 Å². The van der Waals surface area contributed by atoms with E-state index in [9.17, 15) is 19.5 Å². The summed E-state index contributed by atoms with van der Waals surface area (Å²) in [5, 5.41) is 9.24. The van der Waals surface area contributed by atoms with Gasteiger partial charge < -0.3 is 14.9 Å². The van der Waals surface area contributed by atoms with E-state index in [2.05, 4.69) is 0 Å². The van der Waals surface area contributed by atoms with E-state index < -0.39 is 12.0 Å². The van der Waals surface area contributed by atoms with Crippen molar-refractivity contribution >= 4 is 17.8 Å². The molecule has 1 fully saturated rings. The van der Waals surface area contributed by atoms with Crippen molar-refractivity contribution in [2.45, 2.75) is 39.2 Å². The smallest absolute Gasteiger partial charge is 0.326 e. The Hall–Kier alpha value is -1.59. The monoisotopic (exact) mass is 270 g/mol. The predicted octanol–water partition coefficient (Wildman–Crippen LogP) is 0.566. The maximum atomic E-state index is 12.1. The van der Waals surface area contributed by atoms with Gasteiger partial charge in [-0.05, 0) is 18.8 Å². The maximum absolute atomic E-state index is 12.1. The number of aliphatic carboxylic acids is 1. The van der Waals surface area contributed by atoms with E-state index >= 15 is 0 Å². The first kappa shape index (κ1) is 15.5. The summed E-state index contributed by atoms with van der Waals surface area (Å²) in [5.41, 5.74) is 0. The Labute approximate surface area is 113 Å². The van der Waals surface area contributed by atoms with Crippen LogP contribution in [0.2, 0.25) is 0 Å². The summed E-state index contributed by atoms with van der Waals surface area (Å²) in [5.74, 6) is -1.10. The molecule has 2 unspecified atom stereocenters. The van der Waals surface area contributed by atoms with Crippen molar-refractivity contribution < 1.29 is 19.5 Å². The Morgan fingerprint density at radius 2 is 2.00 bits per heavy atom. The van der Waals surface area contributed by atoms with Gasteiger partial charge in [-0.2, -0.15) is 0 Å². The van der Waals surface area contributed by atoms with Crippen LogP contribution in [0.3, 0.4) is 0 Å². The van der Waals surface area contributed by atoms with E-state index in [0.717, 1.165) is 12.8 Å². The molecule has 1 saturated heterocycles. The lowest BCUT2D eigenvalue weighted by atomic mass is 9.89. The number of likely N-dealkylation sites (N-methyl/N-ethyl adjacent to an activating group) is 1. The minimum absolute atomic E-state index is 0.0596. The third-order valence-electron chi connectivity index (χ3n) is 3.80. The second-order valence-electron chi connectivity index (χ2n) is 5.11. The zero-order valence-corrected chi connectivity index (χ0v) is 11.8. The van der Waals surface area contributed by atoms with Gasteiger partial charge in [0, 0.05) is 20.5 Å². The van der Waals surface area contributed by atoms with Crippen molar-refractivity contribution in [2.75, 3.05) is 20.1 Å². The van der Waals surface area contributed by atoms with Crippen LogP contribution in [-0.2, 0) is 14.4 Å². The minimum Gasteiger partial charge on any atom is -0.480 e. The van der Waals surface area contributed by atoms with Crippen molar-refractivity contribution in [3.05, 3.63) is 0 Å². The number of rotatable bonds is 4. The molecule has 0 aromatic rings. The highest BCUT2D eigenvalue weighted by molar-refractivity contribution is 5.87. The molecule has 0 spiro atoms. The van der Waals surface area contributed by atoms with E-state index in [-0.39, 0.29) is 18.4 Å². The fourth-order valence-electron chi connectivity index (χ4n) is 2.35. The molecule has 0 aromatic heterocycles. The Balaban J connectivity index is 2.71. The molecule has 1 heterocycles. The summed E-state index contributed by atoms with van der Waals surface area (Å²) < 4.78 is 0. The van der Waals surface area contributed by atoms with Crippen molar-refractivity contribution in [3.8, 4) is 0 Å². The Bertz CT molecular complexity index is 370. The van der Waals surface area contributed by atoms with Gasteiger partial charge >= 0.3 is 5.97 Å². The fraction of sp³-hybridized carbons (Fsp3) is 0.769. The zero-order valence-electron chi connectivity index (χ0n) is 11.8. The predicted molar refractivity (Wildman–Crippen MR) is 69.5 cm³/mol. The lowest BCUT2D eigenvalue weighted by Crippen LogP contribution is -2.52. The quantitative estimate of drug-likeness (QED) is 0.810. The summed E-state index contributed by atoms with van der Waals surface area (Å²) in [7, 11) is 1.54. The average molecular weight is 270 g/mol. The second-order valence-corrected chi connectivity index (χ2v) is 5.11. The molecular formula is C13H22N2O4. The number of carboxylic acid groups (broad SMARTS) is 1. The van der Waals surface area contributed by atoms with Gasteiger partial charge in [0.05, 0.1) is 6.54 Å². The van der Waals surface area contributed by atoms with Crippen LogP contribution in [0.5, 0.6) is 0 Å². The third kappa shape index (κ3) is 3.94. The highest BCUT2D eigenvalue weighted by atomic mass is 16.4. The molecule has 2 amide bonds. The molecule has 0 aliphatic carbocycles. The van der Waals surface area contributed by atoms with E-state index in [4.69, 9.17) is 0 Å². The number of amides is 2. The Kier molecular flexibility index (Phi) is 5.32. The number of hydrogen-bond donors (Lipinski definition) is 1. The van der Waals surface area contributed by atoms with Crippen LogP contribution < -0.4 is 0 Å². The van der Waals surface area contributed by atoms with E-state index in [1.165, 1.54) is 23.8 Å². The lowest BCUT2D eigenvalue weighted by molar-refractivity contribution is -0.154. The molecule has 1 N–H and O–H groups in total. The molecule has 108 valence electrons. The van der Waals surface area contributed by atoms with Crippen molar-refractivity contribution in [2.24, 2.45) is 5.92 Å². The number of carboxylic acids is 1.